The standard InChI is InChI=1S/C11H12O2/c1-11(2)7-13-10-5-8(6-12)3-4-9(10)11/h3-6H,7H2,1-2H3. The van der Waals surface area contributed by atoms with Gasteiger partial charge in [-0.15, -0.1) is 0 Å². The molecule has 68 valence electrons. The number of fused-ring (bicyclic) bond motifs is 1. The Morgan fingerprint density at radius 2 is 2.23 bits per heavy atom. The Morgan fingerprint density at radius 3 is 2.92 bits per heavy atom. The molecule has 13 heavy (non-hydrogen) atoms. The fourth-order valence-electron chi connectivity index (χ4n) is 1.63. The molecule has 2 heteroatoms. The van der Waals surface area contributed by atoms with Crippen molar-refractivity contribution < 1.29 is 9.53 Å². The largest absolute Gasteiger partial charge is 0.492 e. The molecule has 0 unspecified atom stereocenters. The predicted molar refractivity (Wildman–Crippen MR) is 50.4 cm³/mol. The molecule has 0 amide bonds. The quantitative estimate of drug-likeness (QED) is 0.613. The lowest BCUT2D eigenvalue weighted by Crippen LogP contribution is -2.18. The molecule has 0 fully saturated rings. The first-order valence-electron chi connectivity index (χ1n) is 4.36. The van der Waals surface area contributed by atoms with Crippen molar-refractivity contribution in [2.45, 2.75) is 19.3 Å². The van der Waals surface area contributed by atoms with Crippen LogP contribution in [0.15, 0.2) is 18.2 Å². The van der Waals surface area contributed by atoms with E-state index in [0.29, 0.717) is 12.2 Å². The lowest BCUT2D eigenvalue weighted by atomic mass is 9.87. The van der Waals surface area contributed by atoms with Crippen LogP contribution in [0, 0.1) is 0 Å². The van der Waals surface area contributed by atoms with Gasteiger partial charge in [0.25, 0.3) is 0 Å². The van der Waals surface area contributed by atoms with Gasteiger partial charge >= 0.3 is 0 Å². The number of benzene rings is 1. The van der Waals surface area contributed by atoms with Crippen LogP contribution in [0.2, 0.25) is 0 Å². The first-order valence-corrected chi connectivity index (χ1v) is 4.36. The molecule has 2 rings (SSSR count). The summed E-state index contributed by atoms with van der Waals surface area (Å²) in [5.74, 6) is 0.856. The third kappa shape index (κ3) is 1.22. The monoisotopic (exact) mass is 176 g/mol. The molecule has 0 atom stereocenters. The highest BCUT2D eigenvalue weighted by atomic mass is 16.5. The molecular formula is C11H12O2. The Morgan fingerprint density at radius 1 is 1.46 bits per heavy atom. The van der Waals surface area contributed by atoms with Crippen LogP contribution in [0.3, 0.4) is 0 Å². The molecule has 0 aliphatic carbocycles. The minimum absolute atomic E-state index is 0.0801. The van der Waals surface area contributed by atoms with Gasteiger partial charge in [-0.25, -0.2) is 0 Å². The number of rotatable bonds is 1. The Balaban J connectivity index is 2.52. The van der Waals surface area contributed by atoms with E-state index in [1.54, 1.807) is 6.07 Å². The Labute approximate surface area is 77.5 Å². The van der Waals surface area contributed by atoms with Crippen molar-refractivity contribution in [2.75, 3.05) is 6.61 Å². The Kier molecular flexibility index (Phi) is 1.65. The van der Waals surface area contributed by atoms with Crippen molar-refractivity contribution in [3.63, 3.8) is 0 Å². The maximum atomic E-state index is 10.5. The highest BCUT2D eigenvalue weighted by Crippen LogP contribution is 2.38. The molecular weight excluding hydrogens is 164 g/mol. The van der Waals surface area contributed by atoms with Crippen LogP contribution in [0.4, 0.5) is 0 Å². The van der Waals surface area contributed by atoms with Gasteiger partial charge in [-0.2, -0.15) is 0 Å². The SMILES string of the molecule is CC1(C)COc2cc(C=O)ccc21. The number of carbonyl (C=O) groups is 1. The van der Waals surface area contributed by atoms with E-state index in [1.165, 1.54) is 5.56 Å². The van der Waals surface area contributed by atoms with E-state index in [0.717, 1.165) is 12.0 Å². The fraction of sp³-hybridized carbons (Fsp3) is 0.364. The zero-order valence-corrected chi connectivity index (χ0v) is 7.83. The molecule has 1 aromatic rings. The van der Waals surface area contributed by atoms with Crippen molar-refractivity contribution in [1.82, 2.24) is 0 Å². The summed E-state index contributed by atoms with van der Waals surface area (Å²) in [7, 11) is 0. The van der Waals surface area contributed by atoms with E-state index in [4.69, 9.17) is 4.74 Å². The smallest absolute Gasteiger partial charge is 0.150 e. The lowest BCUT2D eigenvalue weighted by Gasteiger charge is -2.14. The van der Waals surface area contributed by atoms with Crippen molar-refractivity contribution in [3.8, 4) is 5.75 Å². The zero-order chi connectivity index (χ0) is 9.47. The summed E-state index contributed by atoms with van der Waals surface area (Å²) >= 11 is 0. The summed E-state index contributed by atoms with van der Waals surface area (Å²) < 4.78 is 5.50. The normalized spacial score (nSPS) is 17.7. The molecule has 0 N–H and O–H groups in total. The van der Waals surface area contributed by atoms with Crippen LogP contribution in [-0.4, -0.2) is 12.9 Å². The number of hydrogen-bond acceptors (Lipinski definition) is 2. The van der Waals surface area contributed by atoms with E-state index in [-0.39, 0.29) is 5.41 Å². The Bertz CT molecular complexity index is 353. The van der Waals surface area contributed by atoms with Gasteiger partial charge < -0.3 is 4.74 Å². The maximum Gasteiger partial charge on any atom is 0.150 e. The molecule has 0 saturated carbocycles. The van der Waals surface area contributed by atoms with Crippen molar-refractivity contribution in [3.05, 3.63) is 29.3 Å². The third-order valence-corrected chi connectivity index (χ3v) is 2.46. The molecule has 0 radical (unpaired) electrons. The number of hydrogen-bond donors (Lipinski definition) is 0. The van der Waals surface area contributed by atoms with E-state index < -0.39 is 0 Å². The fourth-order valence-corrected chi connectivity index (χ4v) is 1.63. The summed E-state index contributed by atoms with van der Waals surface area (Å²) in [5.41, 5.74) is 1.95. The van der Waals surface area contributed by atoms with Crippen LogP contribution >= 0.6 is 0 Å². The second-order valence-electron chi connectivity index (χ2n) is 4.05. The predicted octanol–water partition coefficient (Wildman–Crippen LogP) is 2.17. The van der Waals surface area contributed by atoms with Crippen molar-refractivity contribution in [1.29, 1.82) is 0 Å². The molecule has 2 nitrogen and oxygen atoms in total. The van der Waals surface area contributed by atoms with Gasteiger partial charge in [-0.3, -0.25) is 4.79 Å². The van der Waals surface area contributed by atoms with E-state index in [2.05, 4.69) is 13.8 Å². The molecule has 0 aromatic heterocycles. The van der Waals surface area contributed by atoms with E-state index >= 15 is 0 Å². The number of ether oxygens (including phenoxy) is 1. The lowest BCUT2D eigenvalue weighted by molar-refractivity contribution is 0.112. The van der Waals surface area contributed by atoms with Crippen LogP contribution in [0.25, 0.3) is 0 Å². The van der Waals surface area contributed by atoms with Gasteiger partial charge in [-0.1, -0.05) is 26.0 Å². The van der Waals surface area contributed by atoms with Gasteiger partial charge in [0.2, 0.25) is 0 Å². The highest BCUT2D eigenvalue weighted by Gasteiger charge is 2.31. The van der Waals surface area contributed by atoms with Crippen molar-refractivity contribution in [2.24, 2.45) is 0 Å². The first-order chi connectivity index (χ1) is 6.13. The average molecular weight is 176 g/mol. The van der Waals surface area contributed by atoms with Crippen LogP contribution in [-0.2, 0) is 5.41 Å². The topological polar surface area (TPSA) is 26.3 Å². The zero-order valence-electron chi connectivity index (χ0n) is 7.83. The third-order valence-electron chi connectivity index (χ3n) is 2.46. The van der Waals surface area contributed by atoms with Gasteiger partial charge in [0.05, 0.1) is 6.61 Å². The molecule has 1 heterocycles. The summed E-state index contributed by atoms with van der Waals surface area (Å²) in [6, 6.07) is 5.62. The van der Waals surface area contributed by atoms with Gasteiger partial charge in [0, 0.05) is 16.5 Å². The van der Waals surface area contributed by atoms with Gasteiger partial charge in [0.1, 0.15) is 12.0 Å². The Hall–Kier alpha value is -1.31. The van der Waals surface area contributed by atoms with Crippen LogP contribution < -0.4 is 4.74 Å². The number of aldehydes is 1. The molecule has 0 spiro atoms. The minimum Gasteiger partial charge on any atom is -0.492 e. The minimum atomic E-state index is 0.0801. The molecule has 1 aliphatic rings. The second kappa shape index (κ2) is 2.59. The summed E-state index contributed by atoms with van der Waals surface area (Å²) in [6.45, 7) is 4.98. The summed E-state index contributed by atoms with van der Waals surface area (Å²) in [5, 5.41) is 0. The summed E-state index contributed by atoms with van der Waals surface area (Å²) in [4.78, 5) is 10.5. The highest BCUT2D eigenvalue weighted by molar-refractivity contribution is 5.76. The number of carbonyl (C=O) groups excluding carboxylic acids is 1. The molecule has 1 aliphatic heterocycles. The molecule has 0 saturated heterocycles. The van der Waals surface area contributed by atoms with E-state index in [9.17, 15) is 4.79 Å². The molecule has 1 aromatic carbocycles. The molecule has 0 bridgehead atoms. The van der Waals surface area contributed by atoms with Gasteiger partial charge in [-0.05, 0) is 6.07 Å². The van der Waals surface area contributed by atoms with E-state index in [1.807, 2.05) is 12.1 Å². The van der Waals surface area contributed by atoms with Gasteiger partial charge in [0.15, 0.2) is 0 Å². The summed E-state index contributed by atoms with van der Waals surface area (Å²) in [6.07, 6.45) is 0.842. The second-order valence-corrected chi connectivity index (χ2v) is 4.05. The van der Waals surface area contributed by atoms with Crippen molar-refractivity contribution >= 4 is 6.29 Å². The average Bonchev–Trinajstić information content (AvgIpc) is 2.42. The first kappa shape index (κ1) is 8.30. The van der Waals surface area contributed by atoms with Crippen LogP contribution in [0.5, 0.6) is 5.75 Å². The maximum absolute atomic E-state index is 10.5. The van der Waals surface area contributed by atoms with Crippen LogP contribution in [0.1, 0.15) is 29.8 Å².